The van der Waals surface area contributed by atoms with Gasteiger partial charge in [-0.25, -0.2) is 9.37 Å². The van der Waals surface area contributed by atoms with Gasteiger partial charge in [0.25, 0.3) is 11.5 Å². The van der Waals surface area contributed by atoms with E-state index in [1.54, 1.807) is 22.7 Å². The molecule has 9 heteroatoms. The average molecular weight is 443 g/mol. The molecule has 5 rings (SSSR count). The van der Waals surface area contributed by atoms with Crippen LogP contribution in [0.4, 0.5) is 4.39 Å². The molecule has 0 unspecified atom stereocenters. The summed E-state index contributed by atoms with van der Waals surface area (Å²) in [5, 5.41) is 2.39. The second-order valence-corrected chi connectivity index (χ2v) is 9.30. The number of aromatic nitrogens is 2. The lowest BCUT2D eigenvalue weighted by Gasteiger charge is -2.34. The lowest BCUT2D eigenvalue weighted by Crippen LogP contribution is -2.48. The maximum Gasteiger partial charge on any atom is 0.264 e. The second kappa shape index (κ2) is 7.57. The minimum atomic E-state index is -0.281. The average Bonchev–Trinajstić information content (AvgIpc) is 3.34. The summed E-state index contributed by atoms with van der Waals surface area (Å²) < 4.78 is 16.5. The summed E-state index contributed by atoms with van der Waals surface area (Å²) in [6, 6.07) is 6.54. The number of hydrogen-bond acceptors (Lipinski definition) is 6. The second-order valence-electron chi connectivity index (χ2n) is 7.38. The Morgan fingerprint density at radius 2 is 2.03 bits per heavy atom. The summed E-state index contributed by atoms with van der Waals surface area (Å²) in [7, 11) is 0. The third-order valence-electron chi connectivity index (χ3n) is 5.50. The fourth-order valence-electron chi connectivity index (χ4n) is 3.91. The van der Waals surface area contributed by atoms with Gasteiger partial charge in [-0.2, -0.15) is 0 Å². The van der Waals surface area contributed by atoms with E-state index in [1.165, 1.54) is 28.7 Å². The van der Waals surface area contributed by atoms with Crippen molar-refractivity contribution in [2.45, 2.75) is 13.5 Å². The van der Waals surface area contributed by atoms with Crippen LogP contribution in [0.2, 0.25) is 0 Å². The number of fused-ring (bicyclic) bond motifs is 2. The number of hydrogen-bond donors (Lipinski definition) is 0. The van der Waals surface area contributed by atoms with Gasteiger partial charge >= 0.3 is 0 Å². The number of piperazine rings is 1. The van der Waals surface area contributed by atoms with Crippen LogP contribution in [-0.2, 0) is 6.54 Å². The Balaban J connectivity index is 1.28. The molecule has 0 N–H and O–H groups in total. The van der Waals surface area contributed by atoms with Crippen molar-refractivity contribution in [3.63, 3.8) is 0 Å². The minimum absolute atomic E-state index is 0.0378. The van der Waals surface area contributed by atoms with Crippen molar-refractivity contribution < 1.29 is 9.18 Å². The number of thiophene rings is 1. The molecule has 0 aliphatic carbocycles. The Labute approximate surface area is 179 Å². The Bertz CT molecular complexity index is 1320. The van der Waals surface area contributed by atoms with Crippen LogP contribution in [0, 0.1) is 12.7 Å². The molecule has 3 aromatic heterocycles. The zero-order chi connectivity index (χ0) is 20.8. The lowest BCUT2D eigenvalue weighted by molar-refractivity contribution is 0.0631. The van der Waals surface area contributed by atoms with Crippen LogP contribution < -0.4 is 5.56 Å². The maximum atomic E-state index is 14.2. The van der Waals surface area contributed by atoms with Crippen LogP contribution in [-0.4, -0.2) is 51.3 Å². The molecule has 30 heavy (non-hydrogen) atoms. The van der Waals surface area contributed by atoms with E-state index < -0.39 is 0 Å². The summed E-state index contributed by atoms with van der Waals surface area (Å²) >= 11 is 2.79. The minimum Gasteiger partial charge on any atom is -0.335 e. The van der Waals surface area contributed by atoms with E-state index in [0.29, 0.717) is 47.9 Å². The van der Waals surface area contributed by atoms with Crippen molar-refractivity contribution in [2.24, 2.45) is 0 Å². The van der Waals surface area contributed by atoms with Crippen molar-refractivity contribution in [1.82, 2.24) is 19.2 Å². The quantitative estimate of drug-likeness (QED) is 0.488. The molecule has 1 fully saturated rings. The van der Waals surface area contributed by atoms with Crippen molar-refractivity contribution >= 4 is 43.6 Å². The van der Waals surface area contributed by atoms with Crippen molar-refractivity contribution in [3.05, 3.63) is 68.1 Å². The number of carbonyl (C=O) groups excluding carboxylic acids is 1. The standard InChI is InChI=1S/C21H19FN4O2S2/c1-13-18-15(22)3-2-4-16(18)30-19(13)20(28)25-7-5-24(6-8-25)12-14-11-17(27)26-9-10-29-21(26)23-14/h2-4,9-11H,5-8,12H2,1H3. The summed E-state index contributed by atoms with van der Waals surface area (Å²) in [5.74, 6) is -0.319. The fraction of sp³-hybridized carbons (Fsp3) is 0.286. The molecule has 4 heterocycles. The monoisotopic (exact) mass is 442 g/mol. The lowest BCUT2D eigenvalue weighted by atomic mass is 10.1. The Hall–Kier alpha value is -2.62. The van der Waals surface area contributed by atoms with Crippen molar-refractivity contribution in [1.29, 1.82) is 0 Å². The highest BCUT2D eigenvalue weighted by Gasteiger charge is 2.26. The molecule has 1 aromatic carbocycles. The number of rotatable bonds is 3. The SMILES string of the molecule is Cc1c(C(=O)N2CCN(Cc3cc(=O)n4ccsc4n3)CC2)sc2cccc(F)c12. The van der Waals surface area contributed by atoms with Gasteiger partial charge in [-0.05, 0) is 24.6 Å². The van der Waals surface area contributed by atoms with Crippen molar-refractivity contribution in [3.8, 4) is 0 Å². The molecular weight excluding hydrogens is 423 g/mol. The van der Waals surface area contributed by atoms with E-state index >= 15 is 0 Å². The highest BCUT2D eigenvalue weighted by Crippen LogP contribution is 2.33. The largest absolute Gasteiger partial charge is 0.335 e. The highest BCUT2D eigenvalue weighted by molar-refractivity contribution is 7.21. The summed E-state index contributed by atoms with van der Waals surface area (Å²) in [5.41, 5.74) is 1.39. The molecular formula is C21H19FN4O2S2. The van der Waals surface area contributed by atoms with Crippen LogP contribution >= 0.6 is 22.7 Å². The van der Waals surface area contributed by atoms with Crippen LogP contribution in [0.25, 0.3) is 15.0 Å². The number of thiazole rings is 1. The van der Waals surface area contributed by atoms with E-state index in [9.17, 15) is 14.0 Å². The third-order valence-corrected chi connectivity index (χ3v) is 7.50. The molecule has 0 saturated carbocycles. The number of halogens is 1. The Morgan fingerprint density at radius 1 is 1.23 bits per heavy atom. The summed E-state index contributed by atoms with van der Waals surface area (Å²) in [4.78, 5) is 35.1. The first-order chi connectivity index (χ1) is 14.5. The van der Waals surface area contributed by atoms with E-state index in [-0.39, 0.29) is 17.3 Å². The molecule has 0 spiro atoms. The van der Waals surface area contributed by atoms with E-state index in [4.69, 9.17) is 0 Å². The molecule has 1 saturated heterocycles. The molecule has 6 nitrogen and oxygen atoms in total. The topological polar surface area (TPSA) is 57.9 Å². The van der Waals surface area contributed by atoms with Gasteiger partial charge < -0.3 is 4.90 Å². The molecule has 1 aliphatic rings. The third kappa shape index (κ3) is 3.32. The number of benzene rings is 1. The first-order valence-corrected chi connectivity index (χ1v) is 11.4. The normalized spacial score (nSPS) is 15.3. The smallest absolute Gasteiger partial charge is 0.264 e. The molecule has 0 radical (unpaired) electrons. The molecule has 1 aliphatic heterocycles. The van der Waals surface area contributed by atoms with Crippen LogP contribution in [0.3, 0.4) is 0 Å². The Morgan fingerprint density at radius 3 is 2.80 bits per heavy atom. The molecule has 4 aromatic rings. The number of amides is 1. The first-order valence-electron chi connectivity index (χ1n) is 9.66. The number of nitrogens with zero attached hydrogens (tertiary/aromatic N) is 4. The molecule has 0 bridgehead atoms. The van der Waals surface area contributed by atoms with Crippen molar-refractivity contribution in [2.75, 3.05) is 26.2 Å². The fourth-order valence-corrected chi connectivity index (χ4v) is 5.84. The van der Waals surface area contributed by atoms with E-state index in [0.717, 1.165) is 16.0 Å². The van der Waals surface area contributed by atoms with Crippen LogP contribution in [0.5, 0.6) is 0 Å². The zero-order valence-electron chi connectivity index (χ0n) is 16.3. The van der Waals surface area contributed by atoms with E-state index in [2.05, 4.69) is 9.88 Å². The van der Waals surface area contributed by atoms with Gasteiger partial charge in [0.1, 0.15) is 5.82 Å². The summed E-state index contributed by atoms with van der Waals surface area (Å²) in [6.45, 7) is 4.99. The van der Waals surface area contributed by atoms with Gasteiger partial charge in [0, 0.05) is 60.5 Å². The van der Waals surface area contributed by atoms with Gasteiger partial charge in [-0.1, -0.05) is 6.07 Å². The predicted octanol–water partition coefficient (Wildman–Crippen LogP) is 3.38. The molecule has 154 valence electrons. The predicted molar refractivity (Wildman–Crippen MR) is 117 cm³/mol. The number of aryl methyl sites for hydroxylation is 1. The molecule has 1 amide bonds. The Kier molecular flexibility index (Phi) is 4.88. The van der Waals surface area contributed by atoms with E-state index in [1.807, 2.05) is 23.3 Å². The highest BCUT2D eigenvalue weighted by atomic mass is 32.1. The first kappa shape index (κ1) is 19.3. The van der Waals surface area contributed by atoms with Gasteiger partial charge in [0.05, 0.1) is 10.6 Å². The van der Waals surface area contributed by atoms with Gasteiger partial charge in [0.15, 0.2) is 4.96 Å². The van der Waals surface area contributed by atoms with Crippen LogP contribution in [0.15, 0.2) is 40.6 Å². The maximum absolute atomic E-state index is 14.2. The molecule has 0 atom stereocenters. The number of carbonyl (C=O) groups is 1. The zero-order valence-corrected chi connectivity index (χ0v) is 17.9. The van der Waals surface area contributed by atoms with Gasteiger partial charge in [0.2, 0.25) is 0 Å². The van der Waals surface area contributed by atoms with Gasteiger partial charge in [-0.15, -0.1) is 22.7 Å². The summed E-state index contributed by atoms with van der Waals surface area (Å²) in [6.07, 6.45) is 1.73. The van der Waals surface area contributed by atoms with Gasteiger partial charge in [-0.3, -0.25) is 18.9 Å². The van der Waals surface area contributed by atoms with Crippen LogP contribution in [0.1, 0.15) is 20.9 Å².